The summed E-state index contributed by atoms with van der Waals surface area (Å²) in [6.07, 6.45) is 1.13. The standard InChI is InChI=1S/C22H23N3O3/c1-14-6-3-4-8-16(14)20-21(28-13-19(26)25(20)2)22(27)24-12-15-7-5-9-18-17(15)10-11-23-18/h3-11,20-21,23H,12-13H2,1-2H3,(H,24,27)/t20-,21+/m1/s1. The molecular weight excluding hydrogens is 354 g/mol. The average Bonchev–Trinajstić information content (AvgIpc) is 3.18. The molecule has 1 fully saturated rings. The first kappa shape index (κ1) is 18.3. The quantitative estimate of drug-likeness (QED) is 0.734. The summed E-state index contributed by atoms with van der Waals surface area (Å²) < 4.78 is 5.70. The fraction of sp³-hybridized carbons (Fsp3) is 0.273. The van der Waals surface area contributed by atoms with Crippen LogP contribution in [0.2, 0.25) is 0 Å². The van der Waals surface area contributed by atoms with Crippen molar-refractivity contribution in [2.75, 3.05) is 13.7 Å². The Bertz CT molecular complexity index is 1030. The summed E-state index contributed by atoms with van der Waals surface area (Å²) in [6.45, 7) is 2.28. The number of nitrogens with zero attached hydrogens (tertiary/aromatic N) is 1. The van der Waals surface area contributed by atoms with Crippen molar-refractivity contribution in [3.63, 3.8) is 0 Å². The summed E-state index contributed by atoms with van der Waals surface area (Å²) in [5.74, 6) is -0.352. The van der Waals surface area contributed by atoms with Crippen molar-refractivity contribution in [1.29, 1.82) is 0 Å². The van der Waals surface area contributed by atoms with Crippen LogP contribution in [0, 0.1) is 6.92 Å². The SMILES string of the molecule is Cc1ccccc1[C@@H]1[C@@H](C(=O)NCc2cccc3[nH]ccc23)OCC(=O)N1C. The normalized spacial score (nSPS) is 19.8. The highest BCUT2D eigenvalue weighted by Crippen LogP contribution is 2.31. The van der Waals surface area contributed by atoms with E-state index in [1.54, 1.807) is 11.9 Å². The first-order chi connectivity index (χ1) is 13.6. The molecule has 0 aliphatic carbocycles. The number of aryl methyl sites for hydroxylation is 1. The van der Waals surface area contributed by atoms with Gasteiger partial charge in [-0.3, -0.25) is 9.59 Å². The molecule has 1 aromatic heterocycles. The number of rotatable bonds is 4. The molecule has 28 heavy (non-hydrogen) atoms. The van der Waals surface area contributed by atoms with Gasteiger partial charge >= 0.3 is 0 Å². The first-order valence-electron chi connectivity index (χ1n) is 9.32. The molecule has 0 unspecified atom stereocenters. The van der Waals surface area contributed by atoms with E-state index in [2.05, 4.69) is 10.3 Å². The average molecular weight is 377 g/mol. The molecule has 2 aromatic carbocycles. The van der Waals surface area contributed by atoms with Gasteiger partial charge < -0.3 is 19.9 Å². The molecule has 2 N–H and O–H groups in total. The number of amides is 2. The van der Waals surface area contributed by atoms with E-state index in [1.165, 1.54) is 0 Å². The summed E-state index contributed by atoms with van der Waals surface area (Å²) >= 11 is 0. The number of carbonyl (C=O) groups is 2. The Kier molecular flexibility index (Phi) is 4.88. The zero-order chi connectivity index (χ0) is 19.7. The summed E-state index contributed by atoms with van der Waals surface area (Å²) in [5.41, 5.74) is 4.00. The van der Waals surface area contributed by atoms with E-state index >= 15 is 0 Å². The third-order valence-corrected chi connectivity index (χ3v) is 5.39. The van der Waals surface area contributed by atoms with Crippen LogP contribution in [-0.4, -0.2) is 41.5 Å². The van der Waals surface area contributed by atoms with Crippen LogP contribution in [0.15, 0.2) is 54.7 Å². The monoisotopic (exact) mass is 377 g/mol. The molecule has 4 rings (SSSR count). The third kappa shape index (κ3) is 3.27. The molecule has 2 heterocycles. The molecular formula is C22H23N3O3. The van der Waals surface area contributed by atoms with Gasteiger partial charge in [-0.2, -0.15) is 0 Å². The van der Waals surface area contributed by atoms with Crippen molar-refractivity contribution in [1.82, 2.24) is 15.2 Å². The molecule has 2 atom stereocenters. The predicted molar refractivity (Wildman–Crippen MR) is 107 cm³/mol. The Balaban J connectivity index is 1.57. The maximum absolute atomic E-state index is 13.0. The highest BCUT2D eigenvalue weighted by Gasteiger charge is 2.40. The van der Waals surface area contributed by atoms with Crippen molar-refractivity contribution in [3.05, 3.63) is 71.4 Å². The number of hydrogen-bond donors (Lipinski definition) is 2. The fourth-order valence-corrected chi connectivity index (χ4v) is 3.81. The van der Waals surface area contributed by atoms with Crippen LogP contribution in [0.5, 0.6) is 0 Å². The highest BCUT2D eigenvalue weighted by molar-refractivity contribution is 5.87. The predicted octanol–water partition coefficient (Wildman–Crippen LogP) is 2.69. The van der Waals surface area contributed by atoms with Crippen LogP contribution in [0.4, 0.5) is 0 Å². The van der Waals surface area contributed by atoms with Gasteiger partial charge in [-0.25, -0.2) is 0 Å². The van der Waals surface area contributed by atoms with Gasteiger partial charge in [0, 0.05) is 30.7 Å². The summed E-state index contributed by atoms with van der Waals surface area (Å²) in [5, 5.41) is 4.07. The van der Waals surface area contributed by atoms with Crippen molar-refractivity contribution in [3.8, 4) is 0 Å². The number of aromatic nitrogens is 1. The van der Waals surface area contributed by atoms with Crippen molar-refractivity contribution in [2.45, 2.75) is 25.6 Å². The van der Waals surface area contributed by atoms with Gasteiger partial charge in [0.1, 0.15) is 6.61 Å². The van der Waals surface area contributed by atoms with Gasteiger partial charge in [-0.1, -0.05) is 36.4 Å². The van der Waals surface area contributed by atoms with E-state index in [1.807, 2.05) is 61.7 Å². The molecule has 0 spiro atoms. The van der Waals surface area contributed by atoms with Crippen molar-refractivity contribution >= 4 is 22.7 Å². The van der Waals surface area contributed by atoms with E-state index in [0.717, 1.165) is 27.6 Å². The molecule has 6 heteroatoms. The lowest BCUT2D eigenvalue weighted by atomic mass is 9.94. The summed E-state index contributed by atoms with van der Waals surface area (Å²) in [6, 6.07) is 15.3. The van der Waals surface area contributed by atoms with E-state index < -0.39 is 12.1 Å². The fourth-order valence-electron chi connectivity index (χ4n) is 3.81. The lowest BCUT2D eigenvalue weighted by Crippen LogP contribution is -2.53. The zero-order valence-electron chi connectivity index (χ0n) is 15.9. The largest absolute Gasteiger partial charge is 0.361 e. The maximum atomic E-state index is 13.0. The smallest absolute Gasteiger partial charge is 0.251 e. The number of hydrogen-bond acceptors (Lipinski definition) is 3. The number of ether oxygens (including phenoxy) is 1. The second-order valence-electron chi connectivity index (χ2n) is 7.11. The summed E-state index contributed by atoms with van der Waals surface area (Å²) in [7, 11) is 1.72. The number of H-pyrrole nitrogens is 1. The highest BCUT2D eigenvalue weighted by atomic mass is 16.5. The number of fused-ring (bicyclic) bond motifs is 1. The molecule has 2 amide bonds. The Morgan fingerprint density at radius 1 is 1.21 bits per heavy atom. The topological polar surface area (TPSA) is 74.4 Å². The van der Waals surface area contributed by atoms with Gasteiger partial charge in [-0.05, 0) is 35.7 Å². The maximum Gasteiger partial charge on any atom is 0.251 e. The molecule has 3 aromatic rings. The van der Waals surface area contributed by atoms with Crippen LogP contribution in [0.3, 0.4) is 0 Å². The van der Waals surface area contributed by atoms with Crippen LogP contribution in [0.1, 0.15) is 22.7 Å². The third-order valence-electron chi connectivity index (χ3n) is 5.39. The first-order valence-corrected chi connectivity index (χ1v) is 9.32. The van der Waals surface area contributed by atoms with Crippen molar-refractivity contribution < 1.29 is 14.3 Å². The molecule has 144 valence electrons. The lowest BCUT2D eigenvalue weighted by Gasteiger charge is -2.39. The molecule has 0 bridgehead atoms. The van der Waals surface area contributed by atoms with Crippen LogP contribution in [-0.2, 0) is 20.9 Å². The number of morpholine rings is 1. The van der Waals surface area contributed by atoms with Gasteiger partial charge in [0.15, 0.2) is 6.10 Å². The number of likely N-dealkylation sites (N-methyl/N-ethyl adjacent to an activating group) is 1. The molecule has 0 radical (unpaired) electrons. The van der Waals surface area contributed by atoms with Gasteiger partial charge in [0.25, 0.3) is 5.91 Å². The number of benzene rings is 2. The molecule has 1 aliphatic rings. The van der Waals surface area contributed by atoms with Crippen LogP contribution >= 0.6 is 0 Å². The van der Waals surface area contributed by atoms with E-state index in [0.29, 0.717) is 6.54 Å². The van der Waals surface area contributed by atoms with Crippen LogP contribution < -0.4 is 5.32 Å². The summed E-state index contributed by atoms with van der Waals surface area (Å²) in [4.78, 5) is 30.0. The lowest BCUT2D eigenvalue weighted by molar-refractivity contribution is -0.162. The molecule has 0 saturated carbocycles. The Labute approximate surface area is 163 Å². The van der Waals surface area contributed by atoms with E-state index in [4.69, 9.17) is 4.74 Å². The Morgan fingerprint density at radius 3 is 2.86 bits per heavy atom. The Hall–Kier alpha value is -3.12. The van der Waals surface area contributed by atoms with Crippen LogP contribution in [0.25, 0.3) is 10.9 Å². The zero-order valence-corrected chi connectivity index (χ0v) is 15.9. The minimum atomic E-state index is -0.755. The Morgan fingerprint density at radius 2 is 2.04 bits per heavy atom. The molecule has 1 saturated heterocycles. The van der Waals surface area contributed by atoms with Gasteiger partial charge in [-0.15, -0.1) is 0 Å². The molecule has 6 nitrogen and oxygen atoms in total. The second-order valence-corrected chi connectivity index (χ2v) is 7.11. The van der Waals surface area contributed by atoms with Crippen molar-refractivity contribution in [2.24, 2.45) is 0 Å². The second kappa shape index (κ2) is 7.48. The number of nitrogens with one attached hydrogen (secondary N) is 2. The number of aromatic amines is 1. The van der Waals surface area contributed by atoms with Gasteiger partial charge in [0.05, 0.1) is 6.04 Å². The molecule has 1 aliphatic heterocycles. The van der Waals surface area contributed by atoms with Gasteiger partial charge in [0.2, 0.25) is 5.91 Å². The minimum absolute atomic E-state index is 0.0929. The van der Waals surface area contributed by atoms with E-state index in [9.17, 15) is 9.59 Å². The number of carbonyl (C=O) groups excluding carboxylic acids is 2. The van der Waals surface area contributed by atoms with E-state index in [-0.39, 0.29) is 18.4 Å². The minimum Gasteiger partial charge on any atom is -0.361 e.